The van der Waals surface area contributed by atoms with Crippen LogP contribution in [0.3, 0.4) is 0 Å². The van der Waals surface area contributed by atoms with Crippen LogP contribution in [0.25, 0.3) is 0 Å². The van der Waals surface area contributed by atoms with Gasteiger partial charge in [-0.2, -0.15) is 0 Å². The van der Waals surface area contributed by atoms with Crippen LogP contribution in [0.15, 0.2) is 18.3 Å². The Morgan fingerprint density at radius 1 is 1.62 bits per heavy atom. The first-order valence-electron chi connectivity index (χ1n) is 4.67. The number of pyridine rings is 1. The summed E-state index contributed by atoms with van der Waals surface area (Å²) >= 11 is 0. The molecule has 3 N–H and O–H groups in total. The fourth-order valence-corrected chi connectivity index (χ4v) is 0.995. The number of nitrogens with one attached hydrogen (secondary N) is 1. The van der Waals surface area contributed by atoms with Crippen LogP contribution < -0.4 is 11.1 Å². The smallest absolute Gasteiger partial charge is 0.125 e. The Morgan fingerprint density at radius 2 is 2.38 bits per heavy atom. The maximum atomic E-state index is 5.55. The Bertz CT molecular complexity index is 260. The molecule has 3 heteroatoms. The highest BCUT2D eigenvalue weighted by Crippen LogP contribution is 2.10. The fourth-order valence-electron chi connectivity index (χ4n) is 0.995. The number of nitrogen functional groups attached to an aromatic ring is 1. The van der Waals surface area contributed by atoms with E-state index in [-0.39, 0.29) is 0 Å². The maximum Gasteiger partial charge on any atom is 0.125 e. The minimum Gasteiger partial charge on any atom is -0.385 e. The first kappa shape index (κ1) is 9.84. The molecule has 0 aliphatic carbocycles. The van der Waals surface area contributed by atoms with E-state index in [1.807, 2.05) is 12.1 Å². The van der Waals surface area contributed by atoms with Crippen molar-refractivity contribution in [2.45, 2.75) is 20.3 Å². The second-order valence-electron chi connectivity index (χ2n) is 3.36. The van der Waals surface area contributed by atoms with E-state index < -0.39 is 0 Å². The van der Waals surface area contributed by atoms with Gasteiger partial charge < -0.3 is 11.1 Å². The van der Waals surface area contributed by atoms with Crippen LogP contribution in [0.5, 0.6) is 0 Å². The molecule has 0 fully saturated rings. The standard InChI is InChI=1S/C10H17N3/c1-3-8(2)7-13-9-4-5-12-10(11)6-9/h4-6,8H,3,7H2,1-2H3,(H3,11,12,13). The molecule has 0 bridgehead atoms. The van der Waals surface area contributed by atoms with Gasteiger partial charge in [0.1, 0.15) is 5.82 Å². The van der Waals surface area contributed by atoms with Crippen molar-refractivity contribution in [3.63, 3.8) is 0 Å². The first-order valence-corrected chi connectivity index (χ1v) is 4.67. The second-order valence-corrected chi connectivity index (χ2v) is 3.36. The molecule has 0 aromatic carbocycles. The van der Waals surface area contributed by atoms with Crippen molar-refractivity contribution in [1.29, 1.82) is 0 Å². The highest BCUT2D eigenvalue weighted by molar-refractivity contribution is 5.49. The number of hydrogen-bond donors (Lipinski definition) is 2. The van der Waals surface area contributed by atoms with E-state index in [1.165, 1.54) is 6.42 Å². The highest BCUT2D eigenvalue weighted by Gasteiger charge is 1.98. The van der Waals surface area contributed by atoms with Gasteiger partial charge in [-0.3, -0.25) is 0 Å². The van der Waals surface area contributed by atoms with E-state index in [1.54, 1.807) is 6.20 Å². The van der Waals surface area contributed by atoms with Crippen LogP contribution in [0, 0.1) is 5.92 Å². The minimum absolute atomic E-state index is 0.564. The van der Waals surface area contributed by atoms with Crippen LogP contribution in [0.4, 0.5) is 11.5 Å². The number of hydrogen-bond acceptors (Lipinski definition) is 3. The summed E-state index contributed by atoms with van der Waals surface area (Å²) < 4.78 is 0. The summed E-state index contributed by atoms with van der Waals surface area (Å²) in [4.78, 5) is 3.92. The molecule has 0 spiro atoms. The van der Waals surface area contributed by atoms with Gasteiger partial charge in [-0.25, -0.2) is 4.98 Å². The summed E-state index contributed by atoms with van der Waals surface area (Å²) in [5.41, 5.74) is 6.60. The zero-order valence-corrected chi connectivity index (χ0v) is 8.25. The number of nitrogens with two attached hydrogens (primary N) is 1. The van der Waals surface area contributed by atoms with E-state index in [4.69, 9.17) is 5.73 Å². The third-order valence-corrected chi connectivity index (χ3v) is 2.13. The maximum absolute atomic E-state index is 5.55. The number of rotatable bonds is 4. The summed E-state index contributed by atoms with van der Waals surface area (Å²) in [6, 6.07) is 3.78. The Labute approximate surface area is 79.4 Å². The van der Waals surface area contributed by atoms with Gasteiger partial charge in [-0.05, 0) is 12.0 Å². The monoisotopic (exact) mass is 179 g/mol. The summed E-state index contributed by atoms with van der Waals surface area (Å²) in [7, 11) is 0. The summed E-state index contributed by atoms with van der Waals surface area (Å²) in [6.45, 7) is 5.39. The zero-order chi connectivity index (χ0) is 9.68. The van der Waals surface area contributed by atoms with E-state index in [0.29, 0.717) is 11.7 Å². The molecule has 0 amide bonds. The molecule has 0 aliphatic rings. The highest BCUT2D eigenvalue weighted by atomic mass is 14.9. The molecule has 1 aromatic heterocycles. The SMILES string of the molecule is CCC(C)CNc1ccnc(N)c1. The molecule has 1 atom stereocenters. The van der Waals surface area contributed by atoms with Crippen LogP contribution in [0.1, 0.15) is 20.3 Å². The largest absolute Gasteiger partial charge is 0.385 e. The molecule has 0 saturated carbocycles. The van der Waals surface area contributed by atoms with Crippen molar-refractivity contribution in [1.82, 2.24) is 4.98 Å². The molecular weight excluding hydrogens is 162 g/mol. The first-order chi connectivity index (χ1) is 6.22. The van der Waals surface area contributed by atoms with Crippen molar-refractivity contribution in [3.05, 3.63) is 18.3 Å². The molecule has 3 nitrogen and oxygen atoms in total. The molecule has 0 saturated heterocycles. The number of nitrogens with zero attached hydrogens (tertiary/aromatic N) is 1. The van der Waals surface area contributed by atoms with Crippen molar-refractivity contribution >= 4 is 11.5 Å². The van der Waals surface area contributed by atoms with Crippen molar-refractivity contribution in [2.75, 3.05) is 17.6 Å². The zero-order valence-electron chi connectivity index (χ0n) is 8.25. The summed E-state index contributed by atoms with van der Waals surface area (Å²) in [5, 5.41) is 3.32. The molecule has 1 aromatic rings. The van der Waals surface area contributed by atoms with Crippen LogP contribution in [-0.4, -0.2) is 11.5 Å². The lowest BCUT2D eigenvalue weighted by Gasteiger charge is -2.11. The van der Waals surface area contributed by atoms with E-state index >= 15 is 0 Å². The van der Waals surface area contributed by atoms with E-state index in [9.17, 15) is 0 Å². The quantitative estimate of drug-likeness (QED) is 0.744. The minimum atomic E-state index is 0.564. The van der Waals surface area contributed by atoms with Gasteiger partial charge in [0.15, 0.2) is 0 Å². The Hall–Kier alpha value is -1.25. The van der Waals surface area contributed by atoms with E-state index in [0.717, 1.165) is 12.2 Å². The van der Waals surface area contributed by atoms with Gasteiger partial charge in [0, 0.05) is 24.5 Å². The Kier molecular flexibility index (Phi) is 3.55. The number of anilines is 2. The predicted molar refractivity (Wildman–Crippen MR) is 56.6 cm³/mol. The molecule has 0 radical (unpaired) electrons. The van der Waals surface area contributed by atoms with Gasteiger partial charge in [0.2, 0.25) is 0 Å². The lowest BCUT2D eigenvalue weighted by Crippen LogP contribution is -2.10. The van der Waals surface area contributed by atoms with Crippen LogP contribution in [-0.2, 0) is 0 Å². The van der Waals surface area contributed by atoms with Gasteiger partial charge in [-0.15, -0.1) is 0 Å². The van der Waals surface area contributed by atoms with Gasteiger partial charge in [0.25, 0.3) is 0 Å². The van der Waals surface area contributed by atoms with Crippen molar-refractivity contribution in [2.24, 2.45) is 5.92 Å². The van der Waals surface area contributed by atoms with Gasteiger partial charge >= 0.3 is 0 Å². The normalized spacial score (nSPS) is 12.5. The number of aromatic nitrogens is 1. The topological polar surface area (TPSA) is 50.9 Å². The second kappa shape index (κ2) is 4.70. The lowest BCUT2D eigenvalue weighted by molar-refractivity contribution is 0.593. The van der Waals surface area contributed by atoms with Crippen molar-refractivity contribution in [3.8, 4) is 0 Å². The molecule has 1 unspecified atom stereocenters. The van der Waals surface area contributed by atoms with Crippen molar-refractivity contribution < 1.29 is 0 Å². The summed E-state index contributed by atoms with van der Waals surface area (Å²) in [6.07, 6.45) is 2.90. The molecule has 13 heavy (non-hydrogen) atoms. The van der Waals surface area contributed by atoms with Crippen LogP contribution >= 0.6 is 0 Å². The Balaban J connectivity index is 2.45. The average Bonchev–Trinajstić information content (AvgIpc) is 2.14. The Morgan fingerprint density at radius 3 is 3.00 bits per heavy atom. The average molecular weight is 179 g/mol. The fraction of sp³-hybridized carbons (Fsp3) is 0.500. The van der Waals surface area contributed by atoms with Crippen LogP contribution in [0.2, 0.25) is 0 Å². The third-order valence-electron chi connectivity index (χ3n) is 2.13. The molecule has 0 aliphatic heterocycles. The lowest BCUT2D eigenvalue weighted by atomic mass is 10.1. The molecule has 72 valence electrons. The molecule has 1 heterocycles. The molecular formula is C10H17N3. The third kappa shape index (κ3) is 3.32. The predicted octanol–water partition coefficient (Wildman–Crippen LogP) is 2.12. The molecule has 1 rings (SSSR count). The van der Waals surface area contributed by atoms with Gasteiger partial charge in [0.05, 0.1) is 0 Å². The van der Waals surface area contributed by atoms with Gasteiger partial charge in [-0.1, -0.05) is 20.3 Å². The summed E-state index contributed by atoms with van der Waals surface area (Å²) in [5.74, 6) is 1.25. The van der Waals surface area contributed by atoms with E-state index in [2.05, 4.69) is 24.1 Å².